The van der Waals surface area contributed by atoms with Crippen molar-refractivity contribution in [2.24, 2.45) is 17.6 Å². The van der Waals surface area contributed by atoms with Gasteiger partial charge in [0.15, 0.2) is 0 Å². The number of hydrogen-bond acceptors (Lipinski definition) is 3. The third-order valence-corrected chi connectivity index (χ3v) is 3.88. The Hall–Kier alpha value is -1.59. The van der Waals surface area contributed by atoms with Crippen LogP contribution in [0.5, 0.6) is 0 Å². The highest BCUT2D eigenvalue weighted by atomic mass is 35.5. The van der Waals surface area contributed by atoms with Crippen molar-refractivity contribution in [3.05, 3.63) is 35.4 Å². The SMILES string of the molecule is CC(C)CC(CN)NC(=O)c1ccc(CN(C)C(=O)C(C)C)cc1.Cl. The van der Waals surface area contributed by atoms with E-state index in [1.807, 2.05) is 26.0 Å². The lowest BCUT2D eigenvalue weighted by Gasteiger charge is -2.20. The Morgan fingerprint density at radius 3 is 2.12 bits per heavy atom. The maximum atomic E-state index is 12.3. The summed E-state index contributed by atoms with van der Waals surface area (Å²) >= 11 is 0. The van der Waals surface area contributed by atoms with E-state index in [0.717, 1.165) is 12.0 Å². The largest absolute Gasteiger partial charge is 0.348 e. The number of halogens is 1. The summed E-state index contributed by atoms with van der Waals surface area (Å²) in [4.78, 5) is 25.9. The molecule has 142 valence electrons. The lowest BCUT2D eigenvalue weighted by atomic mass is 10.0. The van der Waals surface area contributed by atoms with Gasteiger partial charge in [0.25, 0.3) is 5.91 Å². The molecule has 0 saturated carbocycles. The van der Waals surface area contributed by atoms with Crippen LogP contribution in [-0.4, -0.2) is 36.3 Å². The first-order chi connectivity index (χ1) is 11.2. The molecule has 0 aromatic heterocycles. The minimum Gasteiger partial charge on any atom is -0.348 e. The standard InChI is InChI=1S/C19H31N3O2.ClH/c1-13(2)10-17(11-20)21-18(23)16-8-6-15(7-9-16)12-22(5)19(24)14(3)4;/h6-9,13-14,17H,10-12,20H2,1-5H3,(H,21,23);1H. The van der Waals surface area contributed by atoms with Crippen molar-refractivity contribution in [1.29, 1.82) is 0 Å². The van der Waals surface area contributed by atoms with Gasteiger partial charge in [-0.1, -0.05) is 39.8 Å². The molecule has 5 nitrogen and oxygen atoms in total. The van der Waals surface area contributed by atoms with Crippen LogP contribution >= 0.6 is 12.4 Å². The van der Waals surface area contributed by atoms with Crippen molar-refractivity contribution < 1.29 is 9.59 Å². The van der Waals surface area contributed by atoms with Crippen molar-refractivity contribution in [2.75, 3.05) is 13.6 Å². The van der Waals surface area contributed by atoms with Crippen molar-refractivity contribution in [3.8, 4) is 0 Å². The summed E-state index contributed by atoms with van der Waals surface area (Å²) in [6.45, 7) is 8.97. The number of hydrogen-bond donors (Lipinski definition) is 2. The number of amides is 2. The fourth-order valence-corrected chi connectivity index (χ4v) is 2.61. The molecule has 1 unspecified atom stereocenters. The average molecular weight is 370 g/mol. The van der Waals surface area contributed by atoms with Gasteiger partial charge in [0.05, 0.1) is 0 Å². The van der Waals surface area contributed by atoms with Crippen LogP contribution in [0.2, 0.25) is 0 Å². The molecule has 0 aliphatic heterocycles. The number of benzene rings is 1. The van der Waals surface area contributed by atoms with E-state index in [4.69, 9.17) is 5.73 Å². The summed E-state index contributed by atoms with van der Waals surface area (Å²) in [5.74, 6) is 0.463. The Labute approximate surface area is 157 Å². The lowest BCUT2D eigenvalue weighted by Crippen LogP contribution is -2.41. The predicted octanol–water partition coefficient (Wildman–Crippen LogP) is 2.83. The number of nitrogens with one attached hydrogen (secondary N) is 1. The van der Waals surface area contributed by atoms with Crippen LogP contribution < -0.4 is 11.1 Å². The smallest absolute Gasteiger partial charge is 0.251 e. The molecule has 0 bridgehead atoms. The van der Waals surface area contributed by atoms with Crippen LogP contribution in [0.1, 0.15) is 50.0 Å². The van der Waals surface area contributed by atoms with Crippen LogP contribution in [0.3, 0.4) is 0 Å². The Morgan fingerprint density at radius 2 is 1.68 bits per heavy atom. The molecule has 1 atom stereocenters. The molecule has 0 spiro atoms. The Bertz CT molecular complexity index is 544. The number of carbonyl (C=O) groups is 2. The molecule has 0 saturated heterocycles. The van der Waals surface area contributed by atoms with E-state index in [1.165, 1.54) is 0 Å². The zero-order chi connectivity index (χ0) is 18.3. The predicted molar refractivity (Wildman–Crippen MR) is 105 cm³/mol. The van der Waals surface area contributed by atoms with Crippen LogP contribution in [0.15, 0.2) is 24.3 Å². The van der Waals surface area contributed by atoms with Gasteiger partial charge in [-0.25, -0.2) is 0 Å². The molecule has 0 radical (unpaired) electrons. The number of carbonyl (C=O) groups excluding carboxylic acids is 2. The fraction of sp³-hybridized carbons (Fsp3) is 0.579. The monoisotopic (exact) mass is 369 g/mol. The molecular formula is C19H32ClN3O2. The van der Waals surface area contributed by atoms with E-state index in [9.17, 15) is 9.59 Å². The van der Waals surface area contributed by atoms with E-state index < -0.39 is 0 Å². The molecule has 6 heteroatoms. The normalized spacial score (nSPS) is 11.8. The van der Waals surface area contributed by atoms with Crippen molar-refractivity contribution in [3.63, 3.8) is 0 Å². The van der Waals surface area contributed by atoms with Gasteiger partial charge < -0.3 is 16.0 Å². The van der Waals surface area contributed by atoms with Gasteiger partial charge in [-0.15, -0.1) is 12.4 Å². The van der Waals surface area contributed by atoms with Gasteiger partial charge in [-0.2, -0.15) is 0 Å². The van der Waals surface area contributed by atoms with Gasteiger partial charge in [-0.05, 0) is 30.0 Å². The topological polar surface area (TPSA) is 75.4 Å². The van der Waals surface area contributed by atoms with Crippen molar-refractivity contribution in [1.82, 2.24) is 10.2 Å². The van der Waals surface area contributed by atoms with E-state index in [2.05, 4.69) is 19.2 Å². The highest BCUT2D eigenvalue weighted by Gasteiger charge is 2.15. The molecular weight excluding hydrogens is 338 g/mol. The van der Waals surface area contributed by atoms with Gasteiger partial charge in [-0.3, -0.25) is 9.59 Å². The average Bonchev–Trinajstić information content (AvgIpc) is 2.53. The molecule has 0 aliphatic carbocycles. The number of rotatable bonds is 8. The second kappa shape index (κ2) is 11.1. The quantitative estimate of drug-likeness (QED) is 0.739. The lowest BCUT2D eigenvalue weighted by molar-refractivity contribution is -0.133. The second-order valence-corrected chi connectivity index (χ2v) is 7.08. The molecule has 0 fully saturated rings. The molecule has 1 rings (SSSR count). The fourth-order valence-electron chi connectivity index (χ4n) is 2.61. The van der Waals surface area contributed by atoms with E-state index in [1.54, 1.807) is 24.1 Å². The Kier molecular flexibility index (Phi) is 10.4. The maximum Gasteiger partial charge on any atom is 0.251 e. The Morgan fingerprint density at radius 1 is 1.12 bits per heavy atom. The first-order valence-electron chi connectivity index (χ1n) is 8.59. The van der Waals surface area contributed by atoms with Gasteiger partial charge in [0.2, 0.25) is 5.91 Å². The summed E-state index contributed by atoms with van der Waals surface area (Å²) in [5.41, 5.74) is 7.34. The first-order valence-corrected chi connectivity index (χ1v) is 8.59. The van der Waals surface area contributed by atoms with Crippen molar-refractivity contribution in [2.45, 2.75) is 46.7 Å². The third-order valence-electron chi connectivity index (χ3n) is 3.88. The molecule has 25 heavy (non-hydrogen) atoms. The summed E-state index contributed by atoms with van der Waals surface area (Å²) < 4.78 is 0. The van der Waals surface area contributed by atoms with Crippen LogP contribution in [0.25, 0.3) is 0 Å². The third kappa shape index (κ3) is 7.88. The van der Waals surface area contributed by atoms with Crippen LogP contribution in [0, 0.1) is 11.8 Å². The van der Waals surface area contributed by atoms with E-state index >= 15 is 0 Å². The molecule has 2 amide bonds. The summed E-state index contributed by atoms with van der Waals surface area (Å²) in [7, 11) is 1.79. The molecule has 3 N–H and O–H groups in total. The van der Waals surface area contributed by atoms with Crippen molar-refractivity contribution >= 4 is 24.2 Å². The molecule has 1 aromatic carbocycles. The zero-order valence-electron chi connectivity index (χ0n) is 15.9. The number of nitrogens with two attached hydrogens (primary N) is 1. The van der Waals surface area contributed by atoms with E-state index in [0.29, 0.717) is 24.6 Å². The van der Waals surface area contributed by atoms with Gasteiger partial charge >= 0.3 is 0 Å². The minimum absolute atomic E-state index is 0. The Balaban J connectivity index is 0.00000576. The van der Waals surface area contributed by atoms with E-state index in [-0.39, 0.29) is 36.2 Å². The maximum absolute atomic E-state index is 12.3. The minimum atomic E-state index is -0.107. The second-order valence-electron chi connectivity index (χ2n) is 7.08. The molecule has 0 heterocycles. The van der Waals surface area contributed by atoms with Gasteiger partial charge in [0, 0.05) is 37.7 Å². The highest BCUT2D eigenvalue weighted by molar-refractivity contribution is 5.94. The summed E-state index contributed by atoms with van der Waals surface area (Å²) in [6.07, 6.45) is 0.864. The van der Waals surface area contributed by atoms with Crippen LogP contribution in [0.4, 0.5) is 0 Å². The van der Waals surface area contributed by atoms with Gasteiger partial charge in [0.1, 0.15) is 0 Å². The number of nitrogens with zero attached hydrogens (tertiary/aromatic N) is 1. The molecule has 1 aromatic rings. The zero-order valence-corrected chi connectivity index (χ0v) is 16.7. The first kappa shape index (κ1) is 23.4. The summed E-state index contributed by atoms with van der Waals surface area (Å²) in [5, 5.41) is 2.98. The highest BCUT2D eigenvalue weighted by Crippen LogP contribution is 2.10. The van der Waals surface area contributed by atoms with Crippen LogP contribution in [-0.2, 0) is 11.3 Å². The summed E-state index contributed by atoms with van der Waals surface area (Å²) in [6, 6.07) is 7.35. The molecule has 0 aliphatic rings.